The monoisotopic (exact) mass is 335 g/mol. The Labute approximate surface area is 145 Å². The van der Waals surface area contributed by atoms with Gasteiger partial charge < -0.3 is 9.84 Å². The van der Waals surface area contributed by atoms with E-state index in [2.05, 4.69) is 21.9 Å². The molecular weight excluding hydrogens is 318 g/mol. The van der Waals surface area contributed by atoms with Gasteiger partial charge in [0.25, 0.3) is 0 Å². The summed E-state index contributed by atoms with van der Waals surface area (Å²) in [5, 5.41) is 12.0. The van der Waals surface area contributed by atoms with Crippen LogP contribution in [0.1, 0.15) is 17.0 Å². The Hall–Kier alpha value is -3.10. The first kappa shape index (κ1) is 16.7. The molecule has 25 heavy (non-hydrogen) atoms. The molecule has 3 rings (SSSR count). The third-order valence-corrected chi connectivity index (χ3v) is 4.20. The molecule has 0 saturated heterocycles. The molecule has 1 unspecified atom stereocenters. The van der Waals surface area contributed by atoms with E-state index in [1.807, 2.05) is 48.5 Å². The summed E-state index contributed by atoms with van der Waals surface area (Å²) in [7, 11) is 1.26. The van der Waals surface area contributed by atoms with Crippen molar-refractivity contribution in [2.45, 2.75) is 12.0 Å². The maximum Gasteiger partial charge on any atom is 0.384 e. The van der Waals surface area contributed by atoms with Crippen molar-refractivity contribution in [2.75, 3.05) is 13.7 Å². The third-order valence-electron chi connectivity index (χ3n) is 4.20. The van der Waals surface area contributed by atoms with Crippen molar-refractivity contribution in [3.8, 4) is 23.0 Å². The number of benzene rings is 2. The van der Waals surface area contributed by atoms with Crippen LogP contribution in [0.2, 0.25) is 0 Å². The van der Waals surface area contributed by atoms with Crippen molar-refractivity contribution < 1.29 is 19.4 Å². The van der Waals surface area contributed by atoms with E-state index in [9.17, 15) is 9.59 Å². The molecule has 0 amide bonds. The number of carboxylic acids is 1. The van der Waals surface area contributed by atoms with Gasteiger partial charge in [-0.3, -0.25) is 10.1 Å². The predicted molar refractivity (Wildman–Crippen MR) is 92.9 cm³/mol. The van der Waals surface area contributed by atoms with E-state index >= 15 is 0 Å². The second-order valence-electron chi connectivity index (χ2n) is 5.67. The van der Waals surface area contributed by atoms with Gasteiger partial charge in [0, 0.05) is 11.8 Å². The van der Waals surface area contributed by atoms with Gasteiger partial charge in [0.15, 0.2) is 0 Å². The Morgan fingerprint density at radius 3 is 2.20 bits per heavy atom. The number of esters is 1. The first-order valence-electron chi connectivity index (χ1n) is 7.84. The smallest absolute Gasteiger partial charge is 0.384 e. The Kier molecular flexibility index (Phi) is 4.82. The number of nitrogens with one attached hydrogen (secondary N) is 1. The van der Waals surface area contributed by atoms with Crippen LogP contribution in [0.15, 0.2) is 48.5 Å². The minimum atomic E-state index is -0.982. The van der Waals surface area contributed by atoms with Gasteiger partial charge in [0.2, 0.25) is 0 Å². The lowest BCUT2D eigenvalue weighted by Crippen LogP contribution is -2.37. The minimum Gasteiger partial charge on any atom is -0.480 e. The number of carbonyl (C=O) groups is 2. The predicted octanol–water partition coefficient (Wildman–Crippen LogP) is 2.02. The highest BCUT2D eigenvalue weighted by Crippen LogP contribution is 2.45. The van der Waals surface area contributed by atoms with Crippen LogP contribution in [-0.2, 0) is 14.3 Å². The lowest BCUT2D eigenvalue weighted by Gasteiger charge is -2.21. The lowest BCUT2D eigenvalue weighted by atomic mass is 9.89. The molecule has 1 atom stereocenters. The second kappa shape index (κ2) is 7.20. The highest BCUT2D eigenvalue weighted by molar-refractivity contribution is 5.88. The van der Waals surface area contributed by atoms with E-state index in [0.29, 0.717) is 0 Å². The molecule has 0 spiro atoms. The number of carboxylic acid groups (broad SMARTS) is 1. The Bertz CT molecular complexity index is 833. The summed E-state index contributed by atoms with van der Waals surface area (Å²) in [6.45, 7) is -0.249. The largest absolute Gasteiger partial charge is 0.480 e. The van der Waals surface area contributed by atoms with Crippen molar-refractivity contribution in [1.82, 2.24) is 5.32 Å². The average Bonchev–Trinajstić information content (AvgIpc) is 2.96. The lowest BCUT2D eigenvalue weighted by molar-refractivity contribution is -0.136. The summed E-state index contributed by atoms with van der Waals surface area (Å²) < 4.78 is 4.57. The fourth-order valence-electron chi connectivity index (χ4n) is 3.19. The molecule has 1 aliphatic rings. The number of rotatable bonds is 4. The van der Waals surface area contributed by atoms with Crippen LogP contribution in [0.5, 0.6) is 0 Å². The van der Waals surface area contributed by atoms with Crippen molar-refractivity contribution >= 4 is 11.9 Å². The molecule has 0 aliphatic heterocycles. The van der Waals surface area contributed by atoms with Gasteiger partial charge in [0.05, 0.1) is 19.7 Å². The van der Waals surface area contributed by atoms with Gasteiger partial charge in [-0.1, -0.05) is 54.5 Å². The average molecular weight is 335 g/mol. The van der Waals surface area contributed by atoms with E-state index in [1.165, 1.54) is 7.11 Å². The molecule has 0 radical (unpaired) electrons. The van der Waals surface area contributed by atoms with Gasteiger partial charge in [-0.15, -0.1) is 0 Å². The fourth-order valence-corrected chi connectivity index (χ4v) is 3.19. The fraction of sp³-hybridized carbons (Fsp3) is 0.200. The second-order valence-corrected chi connectivity index (χ2v) is 5.67. The Morgan fingerprint density at radius 2 is 1.68 bits per heavy atom. The molecule has 1 aliphatic carbocycles. The third kappa shape index (κ3) is 3.39. The SMILES string of the molecule is COC(=O)C#CC(NCC(=O)O)C1c2ccccc2-c2ccccc21. The van der Waals surface area contributed by atoms with Crippen molar-refractivity contribution in [3.05, 3.63) is 59.7 Å². The number of carbonyl (C=O) groups excluding carboxylic acids is 1. The van der Waals surface area contributed by atoms with E-state index in [0.717, 1.165) is 22.3 Å². The van der Waals surface area contributed by atoms with Crippen molar-refractivity contribution in [3.63, 3.8) is 0 Å². The van der Waals surface area contributed by atoms with Crippen LogP contribution < -0.4 is 5.32 Å². The number of ether oxygens (including phenoxy) is 1. The first-order chi connectivity index (χ1) is 12.1. The van der Waals surface area contributed by atoms with Gasteiger partial charge in [-0.25, -0.2) is 4.79 Å². The summed E-state index contributed by atoms with van der Waals surface area (Å²) in [6, 6.07) is 15.4. The quantitative estimate of drug-likeness (QED) is 0.508. The molecule has 0 fully saturated rings. The molecule has 0 bridgehead atoms. The zero-order chi connectivity index (χ0) is 17.8. The van der Waals surface area contributed by atoms with Crippen LogP contribution in [-0.4, -0.2) is 36.7 Å². The first-order valence-corrected chi connectivity index (χ1v) is 7.84. The molecular formula is C20H17NO4. The molecule has 0 saturated carbocycles. The van der Waals surface area contributed by atoms with E-state index < -0.39 is 18.0 Å². The standard InChI is InChI=1S/C20H17NO4/c1-25-19(24)11-10-17(21-12-18(22)23)20-15-8-4-2-6-13(15)14-7-3-5-9-16(14)20/h2-9,17,20-21H,12H2,1H3,(H,22,23). The van der Waals surface area contributed by atoms with Crippen LogP contribution in [0.4, 0.5) is 0 Å². The molecule has 5 heteroatoms. The van der Waals surface area contributed by atoms with E-state index in [4.69, 9.17) is 5.11 Å². The summed E-state index contributed by atoms with van der Waals surface area (Å²) >= 11 is 0. The van der Waals surface area contributed by atoms with Crippen molar-refractivity contribution in [1.29, 1.82) is 0 Å². The maximum atomic E-state index is 11.4. The number of fused-ring (bicyclic) bond motifs is 3. The summed E-state index contributed by atoms with van der Waals surface area (Å²) in [4.78, 5) is 22.4. The Balaban J connectivity index is 2.06. The zero-order valence-corrected chi connectivity index (χ0v) is 13.7. The molecule has 126 valence electrons. The number of hydrogen-bond donors (Lipinski definition) is 2. The number of methoxy groups -OCH3 is 1. The van der Waals surface area contributed by atoms with Crippen LogP contribution in [0.25, 0.3) is 11.1 Å². The normalized spacial score (nSPS) is 13.2. The minimum absolute atomic E-state index is 0.163. The highest BCUT2D eigenvalue weighted by atomic mass is 16.5. The van der Waals surface area contributed by atoms with Gasteiger partial charge in [-0.05, 0) is 22.3 Å². The summed E-state index contributed by atoms with van der Waals surface area (Å²) in [6.07, 6.45) is 0. The van der Waals surface area contributed by atoms with Gasteiger partial charge in [-0.2, -0.15) is 0 Å². The molecule has 0 heterocycles. The van der Waals surface area contributed by atoms with Crippen molar-refractivity contribution in [2.24, 2.45) is 0 Å². The van der Waals surface area contributed by atoms with Crippen LogP contribution >= 0.6 is 0 Å². The highest BCUT2D eigenvalue weighted by Gasteiger charge is 2.33. The number of hydrogen-bond acceptors (Lipinski definition) is 4. The summed E-state index contributed by atoms with van der Waals surface area (Å²) in [5.41, 5.74) is 4.33. The molecule has 2 N–H and O–H groups in total. The van der Waals surface area contributed by atoms with Gasteiger partial charge >= 0.3 is 11.9 Å². The van der Waals surface area contributed by atoms with E-state index in [1.54, 1.807) is 0 Å². The maximum absolute atomic E-state index is 11.4. The topological polar surface area (TPSA) is 75.6 Å². The molecule has 5 nitrogen and oxygen atoms in total. The van der Waals surface area contributed by atoms with Crippen LogP contribution in [0, 0.1) is 11.8 Å². The summed E-state index contributed by atoms with van der Waals surface area (Å²) in [5.74, 6) is 3.48. The van der Waals surface area contributed by atoms with Crippen LogP contribution in [0.3, 0.4) is 0 Å². The molecule has 2 aromatic rings. The number of aliphatic carboxylic acids is 1. The van der Waals surface area contributed by atoms with E-state index in [-0.39, 0.29) is 12.5 Å². The molecule has 0 aromatic heterocycles. The zero-order valence-electron chi connectivity index (χ0n) is 13.7. The van der Waals surface area contributed by atoms with Gasteiger partial charge in [0.1, 0.15) is 0 Å². The molecule has 2 aromatic carbocycles. The Morgan fingerprint density at radius 1 is 1.12 bits per heavy atom.